The predicted octanol–water partition coefficient (Wildman–Crippen LogP) is 3.52. The largest absolute Gasteiger partial charge is 0.494 e. The van der Waals surface area contributed by atoms with E-state index in [-0.39, 0.29) is 5.97 Å². The minimum Gasteiger partial charge on any atom is -0.494 e. The van der Waals surface area contributed by atoms with E-state index in [2.05, 4.69) is 23.7 Å². The van der Waals surface area contributed by atoms with Crippen LogP contribution in [0.2, 0.25) is 0 Å². The first-order valence-corrected chi connectivity index (χ1v) is 8.60. The van der Waals surface area contributed by atoms with Crippen LogP contribution in [0.5, 0.6) is 5.75 Å². The lowest BCUT2D eigenvalue weighted by Crippen LogP contribution is -2.25. The summed E-state index contributed by atoms with van der Waals surface area (Å²) in [6.07, 6.45) is 2.53. The van der Waals surface area contributed by atoms with Crippen LogP contribution in [0.4, 0.5) is 0 Å². The Labute approximate surface area is 143 Å². The molecule has 130 valence electrons. The molecule has 0 saturated carbocycles. The Hall–Kier alpha value is -2.14. The normalized spacial score (nSPS) is 11.0. The van der Waals surface area contributed by atoms with Gasteiger partial charge in [0, 0.05) is 18.1 Å². The van der Waals surface area contributed by atoms with E-state index in [1.807, 2.05) is 18.2 Å². The van der Waals surface area contributed by atoms with Gasteiger partial charge in [-0.25, -0.2) is 4.79 Å². The average Bonchev–Trinajstić information content (AvgIpc) is 2.61. The summed E-state index contributed by atoms with van der Waals surface area (Å²) >= 11 is 0. The van der Waals surface area contributed by atoms with Gasteiger partial charge in [0.15, 0.2) is 0 Å². The molecule has 0 atom stereocenters. The summed E-state index contributed by atoms with van der Waals surface area (Å²) in [5, 5.41) is 0.877. The van der Waals surface area contributed by atoms with Gasteiger partial charge in [-0.1, -0.05) is 13.8 Å². The molecule has 24 heavy (non-hydrogen) atoms. The number of hydrogen-bond acceptors (Lipinski definition) is 5. The van der Waals surface area contributed by atoms with E-state index in [1.165, 1.54) is 0 Å². The van der Waals surface area contributed by atoms with Gasteiger partial charge in [-0.2, -0.15) is 0 Å². The maximum absolute atomic E-state index is 11.8. The summed E-state index contributed by atoms with van der Waals surface area (Å²) in [4.78, 5) is 18.5. The van der Waals surface area contributed by atoms with E-state index in [9.17, 15) is 4.79 Å². The zero-order chi connectivity index (χ0) is 17.4. The highest BCUT2D eigenvalue weighted by Gasteiger charge is 2.08. The number of nitrogens with zero attached hydrogens (tertiary/aromatic N) is 2. The van der Waals surface area contributed by atoms with Gasteiger partial charge in [-0.3, -0.25) is 4.98 Å². The van der Waals surface area contributed by atoms with Gasteiger partial charge in [0.1, 0.15) is 5.75 Å². The van der Waals surface area contributed by atoms with Gasteiger partial charge in [0.2, 0.25) is 0 Å². The molecule has 0 radical (unpaired) electrons. The van der Waals surface area contributed by atoms with Crippen LogP contribution < -0.4 is 4.74 Å². The predicted molar refractivity (Wildman–Crippen MR) is 95.6 cm³/mol. The molecule has 1 heterocycles. The smallest absolute Gasteiger partial charge is 0.339 e. The molecule has 5 nitrogen and oxygen atoms in total. The Bertz CT molecular complexity index is 669. The number of esters is 1. The summed E-state index contributed by atoms with van der Waals surface area (Å²) in [6.45, 7) is 10.3. The molecule has 0 saturated heterocycles. The van der Waals surface area contributed by atoms with Gasteiger partial charge >= 0.3 is 5.97 Å². The highest BCUT2D eigenvalue weighted by atomic mass is 16.5. The number of carbonyl (C=O) groups is 1. The van der Waals surface area contributed by atoms with Gasteiger partial charge < -0.3 is 14.4 Å². The molecule has 1 aromatic heterocycles. The molecular weight excluding hydrogens is 304 g/mol. The summed E-state index contributed by atoms with van der Waals surface area (Å²) in [7, 11) is 0. The second kappa shape index (κ2) is 9.23. The first kappa shape index (κ1) is 18.2. The summed E-state index contributed by atoms with van der Waals surface area (Å²) < 4.78 is 10.8. The Balaban J connectivity index is 2.00. The monoisotopic (exact) mass is 330 g/mol. The maximum Gasteiger partial charge on any atom is 0.339 e. The van der Waals surface area contributed by atoms with Crippen molar-refractivity contribution >= 4 is 16.9 Å². The number of benzene rings is 1. The highest BCUT2D eigenvalue weighted by Crippen LogP contribution is 2.21. The molecule has 0 aliphatic carbocycles. The number of pyridine rings is 1. The van der Waals surface area contributed by atoms with Crippen LogP contribution in [0.15, 0.2) is 30.5 Å². The minimum absolute atomic E-state index is 0.350. The van der Waals surface area contributed by atoms with Crippen molar-refractivity contribution in [2.45, 2.75) is 27.2 Å². The van der Waals surface area contributed by atoms with E-state index >= 15 is 0 Å². The van der Waals surface area contributed by atoms with Gasteiger partial charge in [-0.15, -0.1) is 0 Å². The van der Waals surface area contributed by atoms with Crippen molar-refractivity contribution in [1.82, 2.24) is 9.88 Å². The second-order valence-corrected chi connectivity index (χ2v) is 5.53. The zero-order valence-corrected chi connectivity index (χ0v) is 14.7. The quantitative estimate of drug-likeness (QED) is 0.520. The first-order valence-electron chi connectivity index (χ1n) is 8.60. The van der Waals surface area contributed by atoms with Crippen LogP contribution in [0.3, 0.4) is 0 Å². The van der Waals surface area contributed by atoms with E-state index in [4.69, 9.17) is 9.47 Å². The minimum atomic E-state index is -0.350. The standard InChI is InChI=1S/C19H26N2O3/c1-4-21(5-2)10-7-11-24-17-8-9-18-15(13-17)12-16(14-20-18)19(22)23-6-3/h8-9,12-14H,4-7,10-11H2,1-3H3. The van der Waals surface area contributed by atoms with Crippen molar-refractivity contribution in [3.05, 3.63) is 36.0 Å². The molecule has 0 amide bonds. The Morgan fingerprint density at radius 1 is 1.17 bits per heavy atom. The number of hydrogen-bond donors (Lipinski definition) is 0. The molecule has 2 aromatic rings. The van der Waals surface area contributed by atoms with Gasteiger partial charge in [0.25, 0.3) is 0 Å². The molecular formula is C19H26N2O3. The van der Waals surface area contributed by atoms with Crippen LogP contribution in [-0.2, 0) is 4.74 Å². The average molecular weight is 330 g/mol. The maximum atomic E-state index is 11.8. The number of fused-ring (bicyclic) bond motifs is 1. The number of ether oxygens (including phenoxy) is 2. The fraction of sp³-hybridized carbons (Fsp3) is 0.474. The fourth-order valence-electron chi connectivity index (χ4n) is 2.54. The Morgan fingerprint density at radius 3 is 2.67 bits per heavy atom. The summed E-state index contributed by atoms with van der Waals surface area (Å²) in [5.41, 5.74) is 1.29. The first-order chi connectivity index (χ1) is 11.7. The van der Waals surface area contributed by atoms with Crippen LogP contribution >= 0.6 is 0 Å². The van der Waals surface area contributed by atoms with Crippen LogP contribution in [0, 0.1) is 0 Å². The molecule has 0 unspecified atom stereocenters. The SMILES string of the molecule is CCOC(=O)c1cnc2ccc(OCCCN(CC)CC)cc2c1. The van der Waals surface area contributed by atoms with Crippen molar-refractivity contribution in [1.29, 1.82) is 0 Å². The third kappa shape index (κ3) is 4.93. The van der Waals surface area contributed by atoms with Crippen LogP contribution in [0.25, 0.3) is 10.9 Å². The second-order valence-electron chi connectivity index (χ2n) is 5.53. The molecule has 1 aromatic carbocycles. The third-order valence-corrected chi connectivity index (χ3v) is 3.95. The van der Waals surface area contributed by atoms with Crippen LogP contribution in [0.1, 0.15) is 37.6 Å². The lowest BCUT2D eigenvalue weighted by molar-refractivity contribution is 0.0526. The zero-order valence-electron chi connectivity index (χ0n) is 14.7. The third-order valence-electron chi connectivity index (χ3n) is 3.95. The molecule has 0 aliphatic heterocycles. The van der Waals surface area contributed by atoms with Crippen LogP contribution in [-0.4, -0.2) is 48.7 Å². The van der Waals surface area contributed by atoms with E-state index in [0.717, 1.165) is 42.7 Å². The molecule has 0 bridgehead atoms. The fourth-order valence-corrected chi connectivity index (χ4v) is 2.54. The van der Waals surface area contributed by atoms with Crippen molar-refractivity contribution < 1.29 is 14.3 Å². The van der Waals surface area contributed by atoms with E-state index in [1.54, 1.807) is 19.2 Å². The highest BCUT2D eigenvalue weighted by molar-refractivity contribution is 5.93. The number of aromatic nitrogens is 1. The van der Waals surface area contributed by atoms with Gasteiger partial charge in [0.05, 0.1) is 24.3 Å². The molecule has 5 heteroatoms. The molecule has 2 rings (SSSR count). The van der Waals surface area contributed by atoms with Crippen molar-refractivity contribution in [2.24, 2.45) is 0 Å². The van der Waals surface area contributed by atoms with E-state index < -0.39 is 0 Å². The van der Waals surface area contributed by atoms with Crippen molar-refractivity contribution in [2.75, 3.05) is 32.8 Å². The Morgan fingerprint density at radius 2 is 1.96 bits per heavy atom. The van der Waals surface area contributed by atoms with E-state index in [0.29, 0.717) is 18.8 Å². The van der Waals surface area contributed by atoms with Crippen molar-refractivity contribution in [3.8, 4) is 5.75 Å². The molecule has 0 N–H and O–H groups in total. The topological polar surface area (TPSA) is 51.7 Å². The van der Waals surface area contributed by atoms with Gasteiger partial charge in [-0.05, 0) is 50.7 Å². The summed E-state index contributed by atoms with van der Waals surface area (Å²) in [6, 6.07) is 7.53. The molecule has 0 spiro atoms. The number of rotatable bonds is 9. The molecule has 0 aliphatic rings. The van der Waals surface area contributed by atoms with Crippen molar-refractivity contribution in [3.63, 3.8) is 0 Å². The Kier molecular flexibility index (Phi) is 7.00. The summed E-state index contributed by atoms with van der Waals surface area (Å²) in [5.74, 6) is 0.447. The molecule has 0 fully saturated rings. The lowest BCUT2D eigenvalue weighted by Gasteiger charge is -2.17. The lowest BCUT2D eigenvalue weighted by atomic mass is 10.1. The number of carbonyl (C=O) groups excluding carboxylic acids is 1.